The predicted molar refractivity (Wildman–Crippen MR) is 109 cm³/mol. The molecule has 0 saturated carbocycles. The summed E-state index contributed by atoms with van der Waals surface area (Å²) in [5, 5.41) is 9.13. The van der Waals surface area contributed by atoms with Crippen LogP contribution in [0.25, 0.3) is 0 Å². The molecule has 1 aromatic heterocycles. The van der Waals surface area contributed by atoms with Gasteiger partial charge < -0.3 is 14.2 Å². The number of para-hydroxylation sites is 2. The molecule has 0 fully saturated rings. The van der Waals surface area contributed by atoms with E-state index in [0.29, 0.717) is 11.5 Å². The summed E-state index contributed by atoms with van der Waals surface area (Å²) in [6.07, 6.45) is 0.464. The number of benzene rings is 2. The largest absolute Gasteiger partial charge is 0.493 e. The number of fused-ring (bicyclic) bond motifs is 3. The third-order valence-electron chi connectivity index (χ3n) is 5.20. The Kier molecular flexibility index (Phi) is 4.20. The highest BCUT2D eigenvalue weighted by Gasteiger charge is 2.42. The Balaban J connectivity index is 1.64. The standard InChI is InChI=1S/C22H20N2O3S/c1-25-19-10-5-8-15(21(19)26-2)22-24-17(14-7-3-4-9-18(14)27-22)13-16(23-24)20-11-6-12-28-20/h3-12,17,22H,13H2,1-2H3/t17-,22-/m0/s1. The van der Waals surface area contributed by atoms with Crippen LogP contribution in [0.1, 0.15) is 34.7 Å². The van der Waals surface area contributed by atoms with Crippen LogP contribution in [0.3, 0.4) is 0 Å². The highest BCUT2D eigenvalue weighted by atomic mass is 32.1. The minimum atomic E-state index is -0.387. The monoisotopic (exact) mass is 392 g/mol. The van der Waals surface area contributed by atoms with Gasteiger partial charge in [0.15, 0.2) is 11.5 Å². The van der Waals surface area contributed by atoms with Crippen LogP contribution in [0.15, 0.2) is 65.1 Å². The van der Waals surface area contributed by atoms with E-state index >= 15 is 0 Å². The number of nitrogens with zero attached hydrogens (tertiary/aromatic N) is 2. The number of hydrogen-bond donors (Lipinski definition) is 0. The summed E-state index contributed by atoms with van der Waals surface area (Å²) >= 11 is 1.71. The van der Waals surface area contributed by atoms with E-state index in [-0.39, 0.29) is 12.3 Å². The first kappa shape index (κ1) is 17.1. The van der Waals surface area contributed by atoms with Crippen molar-refractivity contribution in [2.24, 2.45) is 5.10 Å². The summed E-state index contributed by atoms with van der Waals surface area (Å²) in [6.45, 7) is 0. The Morgan fingerprint density at radius 1 is 1.00 bits per heavy atom. The Bertz CT molecular complexity index is 1030. The molecule has 0 N–H and O–H groups in total. The number of ether oxygens (including phenoxy) is 3. The molecule has 3 heterocycles. The van der Waals surface area contributed by atoms with Crippen LogP contribution < -0.4 is 14.2 Å². The zero-order valence-electron chi connectivity index (χ0n) is 15.7. The maximum atomic E-state index is 6.43. The van der Waals surface area contributed by atoms with Crippen LogP contribution in [0.5, 0.6) is 17.2 Å². The van der Waals surface area contributed by atoms with E-state index in [1.165, 1.54) is 4.88 Å². The van der Waals surface area contributed by atoms with Gasteiger partial charge in [0, 0.05) is 12.0 Å². The van der Waals surface area contributed by atoms with Crippen molar-refractivity contribution < 1.29 is 14.2 Å². The number of hydrogen-bond acceptors (Lipinski definition) is 6. The molecule has 2 aliphatic rings. The van der Waals surface area contributed by atoms with E-state index in [1.54, 1.807) is 25.6 Å². The van der Waals surface area contributed by atoms with Crippen LogP contribution >= 0.6 is 11.3 Å². The Labute approximate surface area is 167 Å². The Morgan fingerprint density at radius 2 is 1.86 bits per heavy atom. The smallest absolute Gasteiger partial charge is 0.217 e. The second-order valence-corrected chi connectivity index (χ2v) is 7.66. The van der Waals surface area contributed by atoms with Gasteiger partial charge in [-0.15, -0.1) is 11.3 Å². The molecule has 0 spiro atoms. The molecule has 6 heteroatoms. The summed E-state index contributed by atoms with van der Waals surface area (Å²) < 4.78 is 17.6. The second kappa shape index (κ2) is 6.87. The van der Waals surface area contributed by atoms with E-state index in [0.717, 1.165) is 29.0 Å². The second-order valence-electron chi connectivity index (χ2n) is 6.71. The van der Waals surface area contributed by atoms with Gasteiger partial charge in [-0.3, -0.25) is 0 Å². The lowest BCUT2D eigenvalue weighted by Gasteiger charge is -2.38. The SMILES string of the molecule is COc1cccc([C@@H]2Oc3ccccc3[C@@H]3CC(c4cccs4)=NN32)c1OC. The van der Waals surface area contributed by atoms with E-state index in [1.807, 2.05) is 30.3 Å². The minimum absolute atomic E-state index is 0.128. The molecule has 0 unspecified atom stereocenters. The van der Waals surface area contributed by atoms with Gasteiger partial charge >= 0.3 is 0 Å². The van der Waals surface area contributed by atoms with Crippen molar-refractivity contribution in [1.29, 1.82) is 0 Å². The van der Waals surface area contributed by atoms with Crippen LogP contribution in [0.2, 0.25) is 0 Å². The van der Waals surface area contributed by atoms with Gasteiger partial charge in [-0.05, 0) is 29.6 Å². The highest BCUT2D eigenvalue weighted by Crippen LogP contribution is 2.50. The fourth-order valence-electron chi connectivity index (χ4n) is 3.94. The first-order chi connectivity index (χ1) is 13.8. The Hall–Kier alpha value is -2.99. The van der Waals surface area contributed by atoms with Crippen molar-refractivity contribution in [3.8, 4) is 17.2 Å². The third kappa shape index (κ3) is 2.64. The average molecular weight is 392 g/mol. The summed E-state index contributed by atoms with van der Waals surface area (Å²) in [4.78, 5) is 1.20. The van der Waals surface area contributed by atoms with Crippen molar-refractivity contribution in [3.05, 3.63) is 76.0 Å². The molecule has 28 heavy (non-hydrogen) atoms. The molecule has 2 atom stereocenters. The summed E-state index contributed by atoms with van der Waals surface area (Å²) in [6, 6.07) is 18.4. The molecule has 3 aromatic rings. The molecule has 0 radical (unpaired) electrons. The molecule has 2 aliphatic heterocycles. The third-order valence-corrected chi connectivity index (χ3v) is 6.12. The van der Waals surface area contributed by atoms with Gasteiger partial charge in [-0.1, -0.05) is 30.3 Å². The minimum Gasteiger partial charge on any atom is -0.493 e. The van der Waals surface area contributed by atoms with Gasteiger partial charge in [0.2, 0.25) is 6.23 Å². The quantitative estimate of drug-likeness (QED) is 0.626. The molecule has 5 rings (SSSR count). The lowest BCUT2D eigenvalue weighted by Crippen LogP contribution is -2.34. The number of thiophene rings is 1. The molecule has 0 amide bonds. The number of methoxy groups -OCH3 is 2. The fourth-order valence-corrected chi connectivity index (χ4v) is 4.66. The van der Waals surface area contributed by atoms with E-state index in [4.69, 9.17) is 19.3 Å². The van der Waals surface area contributed by atoms with Crippen molar-refractivity contribution in [1.82, 2.24) is 5.01 Å². The maximum Gasteiger partial charge on any atom is 0.217 e. The van der Waals surface area contributed by atoms with Crippen molar-refractivity contribution in [2.75, 3.05) is 14.2 Å². The lowest BCUT2D eigenvalue weighted by molar-refractivity contribution is -0.0205. The topological polar surface area (TPSA) is 43.3 Å². The molecule has 0 bridgehead atoms. The molecule has 142 valence electrons. The molecule has 0 saturated heterocycles. The highest BCUT2D eigenvalue weighted by molar-refractivity contribution is 7.12. The molecule has 2 aromatic carbocycles. The van der Waals surface area contributed by atoms with Crippen LogP contribution in [0.4, 0.5) is 0 Å². The van der Waals surface area contributed by atoms with E-state index in [2.05, 4.69) is 34.7 Å². The predicted octanol–water partition coefficient (Wildman–Crippen LogP) is 5.01. The first-order valence-electron chi connectivity index (χ1n) is 9.16. The van der Waals surface area contributed by atoms with Gasteiger partial charge in [0.1, 0.15) is 5.75 Å². The Morgan fingerprint density at radius 3 is 2.64 bits per heavy atom. The lowest BCUT2D eigenvalue weighted by atomic mass is 9.97. The van der Waals surface area contributed by atoms with Crippen LogP contribution in [-0.2, 0) is 0 Å². The number of hydrazone groups is 1. The van der Waals surface area contributed by atoms with Crippen LogP contribution in [-0.4, -0.2) is 24.9 Å². The fraction of sp³-hybridized carbons (Fsp3) is 0.227. The van der Waals surface area contributed by atoms with Gasteiger partial charge in [-0.2, -0.15) is 5.10 Å². The zero-order valence-corrected chi connectivity index (χ0v) is 16.5. The molecular formula is C22H20N2O3S. The number of rotatable bonds is 4. The first-order valence-corrected chi connectivity index (χ1v) is 10.0. The van der Waals surface area contributed by atoms with Crippen LogP contribution in [0, 0.1) is 0 Å². The summed E-state index contributed by atoms with van der Waals surface area (Å²) in [7, 11) is 3.30. The van der Waals surface area contributed by atoms with E-state index < -0.39 is 0 Å². The molecular weight excluding hydrogens is 372 g/mol. The van der Waals surface area contributed by atoms with Crippen molar-refractivity contribution in [3.63, 3.8) is 0 Å². The van der Waals surface area contributed by atoms with Gasteiger partial charge in [0.05, 0.1) is 36.4 Å². The average Bonchev–Trinajstić information content (AvgIpc) is 3.42. The van der Waals surface area contributed by atoms with Crippen molar-refractivity contribution in [2.45, 2.75) is 18.7 Å². The normalized spacial score (nSPS) is 20.1. The van der Waals surface area contributed by atoms with Crippen molar-refractivity contribution >= 4 is 17.0 Å². The van der Waals surface area contributed by atoms with Gasteiger partial charge in [0.25, 0.3) is 0 Å². The maximum absolute atomic E-state index is 6.43. The summed E-state index contributed by atoms with van der Waals surface area (Å²) in [5.74, 6) is 2.25. The zero-order chi connectivity index (χ0) is 19.1. The van der Waals surface area contributed by atoms with E-state index in [9.17, 15) is 0 Å². The van der Waals surface area contributed by atoms with Gasteiger partial charge in [-0.25, -0.2) is 5.01 Å². The summed E-state index contributed by atoms with van der Waals surface area (Å²) in [5.41, 5.74) is 3.15. The molecule has 0 aliphatic carbocycles. The molecule has 5 nitrogen and oxygen atoms in total.